The maximum absolute atomic E-state index is 11.3. The number of rotatable bonds is 7. The van der Waals surface area contributed by atoms with E-state index in [2.05, 4.69) is 5.32 Å². The minimum Gasteiger partial charge on any atom is -0.550 e. The van der Waals surface area contributed by atoms with E-state index in [0.29, 0.717) is 11.5 Å². The number of carbonyl (C=O) groups is 2. The first-order valence-electron chi connectivity index (χ1n) is 5.36. The first-order valence-corrected chi connectivity index (χ1v) is 5.36. The fraction of sp³-hybridized carbons (Fsp3) is 0.333. The highest BCUT2D eigenvalue weighted by atomic mass is 16.5. The molecular weight excluding hydrogens is 238 g/mol. The number of para-hydroxylation sites is 2. The zero-order valence-electron chi connectivity index (χ0n) is 9.97. The van der Waals surface area contributed by atoms with Crippen molar-refractivity contribution in [2.24, 2.45) is 0 Å². The molecule has 0 spiro atoms. The lowest BCUT2D eigenvalue weighted by atomic mass is 10.3. The summed E-state index contributed by atoms with van der Waals surface area (Å²) in [6, 6.07) is 6.92. The van der Waals surface area contributed by atoms with Crippen LogP contribution in [0, 0.1) is 0 Å². The van der Waals surface area contributed by atoms with E-state index in [-0.39, 0.29) is 19.6 Å². The Morgan fingerprint density at radius 3 is 2.56 bits per heavy atom. The van der Waals surface area contributed by atoms with Crippen LogP contribution in [0.25, 0.3) is 0 Å². The summed E-state index contributed by atoms with van der Waals surface area (Å²) in [5.74, 6) is -0.627. The van der Waals surface area contributed by atoms with Crippen LogP contribution >= 0.6 is 0 Å². The molecule has 6 nitrogen and oxygen atoms in total. The normalized spacial score (nSPS) is 9.61. The van der Waals surface area contributed by atoms with Crippen molar-refractivity contribution >= 4 is 11.9 Å². The summed E-state index contributed by atoms with van der Waals surface area (Å²) in [7, 11) is 1.50. The second-order valence-electron chi connectivity index (χ2n) is 3.41. The molecule has 1 aromatic carbocycles. The molecule has 0 heterocycles. The van der Waals surface area contributed by atoms with Crippen LogP contribution in [0.3, 0.4) is 0 Å². The molecule has 98 valence electrons. The molecule has 0 aliphatic carbocycles. The van der Waals surface area contributed by atoms with Gasteiger partial charge in [0.2, 0.25) is 0 Å². The summed E-state index contributed by atoms with van der Waals surface area (Å²) in [4.78, 5) is 21.4. The molecule has 0 atom stereocenters. The fourth-order valence-electron chi connectivity index (χ4n) is 1.24. The van der Waals surface area contributed by atoms with Gasteiger partial charge < -0.3 is 24.7 Å². The first-order chi connectivity index (χ1) is 8.63. The van der Waals surface area contributed by atoms with Gasteiger partial charge in [-0.25, -0.2) is 0 Å². The number of carbonyl (C=O) groups excluding carboxylic acids is 2. The Morgan fingerprint density at radius 2 is 1.94 bits per heavy atom. The van der Waals surface area contributed by atoms with Crippen LogP contribution in [0.15, 0.2) is 24.3 Å². The Hall–Kier alpha value is -2.24. The van der Waals surface area contributed by atoms with Gasteiger partial charge in [0.05, 0.1) is 7.11 Å². The molecule has 0 unspecified atom stereocenters. The van der Waals surface area contributed by atoms with Crippen molar-refractivity contribution < 1.29 is 24.2 Å². The number of nitrogens with one attached hydrogen (secondary N) is 1. The van der Waals surface area contributed by atoms with Crippen LogP contribution in [0.4, 0.5) is 0 Å². The summed E-state index contributed by atoms with van der Waals surface area (Å²) in [6.45, 7) is -0.177. The third-order valence-corrected chi connectivity index (χ3v) is 2.08. The van der Waals surface area contributed by atoms with Crippen molar-refractivity contribution in [3.05, 3.63) is 24.3 Å². The SMILES string of the molecule is COc1ccccc1OCC(=O)NCCC(=O)[O-]. The number of methoxy groups -OCH3 is 1. The maximum Gasteiger partial charge on any atom is 0.257 e. The number of aliphatic carboxylic acids is 1. The van der Waals surface area contributed by atoms with E-state index in [4.69, 9.17) is 9.47 Å². The molecule has 18 heavy (non-hydrogen) atoms. The van der Waals surface area contributed by atoms with Gasteiger partial charge in [-0.05, 0) is 12.1 Å². The summed E-state index contributed by atoms with van der Waals surface area (Å²) in [6.07, 6.45) is -0.222. The molecule has 0 radical (unpaired) electrons. The number of benzene rings is 1. The van der Waals surface area contributed by atoms with Crippen molar-refractivity contribution in [2.75, 3.05) is 20.3 Å². The number of carboxylic acids is 1. The van der Waals surface area contributed by atoms with Crippen molar-refractivity contribution in [2.45, 2.75) is 6.42 Å². The summed E-state index contributed by atoms with van der Waals surface area (Å²) in [5, 5.41) is 12.5. The van der Waals surface area contributed by atoms with Crippen molar-refractivity contribution in [1.82, 2.24) is 5.32 Å². The maximum atomic E-state index is 11.3. The van der Waals surface area contributed by atoms with Gasteiger partial charge in [-0.3, -0.25) is 4.79 Å². The Balaban J connectivity index is 2.35. The molecule has 1 rings (SSSR count). The molecule has 0 bridgehead atoms. The van der Waals surface area contributed by atoms with Gasteiger partial charge in [0.15, 0.2) is 18.1 Å². The second-order valence-corrected chi connectivity index (χ2v) is 3.41. The Morgan fingerprint density at radius 1 is 1.28 bits per heavy atom. The quantitative estimate of drug-likeness (QED) is 0.695. The molecule has 0 aliphatic rings. The van der Waals surface area contributed by atoms with Gasteiger partial charge in [0.25, 0.3) is 5.91 Å². The summed E-state index contributed by atoms with van der Waals surface area (Å²) in [5.41, 5.74) is 0. The minimum atomic E-state index is -1.21. The van der Waals surface area contributed by atoms with Gasteiger partial charge in [0, 0.05) is 18.9 Å². The largest absolute Gasteiger partial charge is 0.550 e. The number of hydrogen-bond donors (Lipinski definition) is 1. The third-order valence-electron chi connectivity index (χ3n) is 2.08. The highest BCUT2D eigenvalue weighted by molar-refractivity contribution is 5.78. The Labute approximate surface area is 105 Å². The predicted octanol–water partition coefficient (Wildman–Crippen LogP) is -0.670. The highest BCUT2D eigenvalue weighted by Crippen LogP contribution is 2.25. The zero-order valence-corrected chi connectivity index (χ0v) is 9.97. The van der Waals surface area contributed by atoms with Gasteiger partial charge in [-0.2, -0.15) is 0 Å². The van der Waals surface area contributed by atoms with E-state index in [1.807, 2.05) is 0 Å². The van der Waals surface area contributed by atoms with Crippen molar-refractivity contribution in [3.63, 3.8) is 0 Å². The molecule has 1 N–H and O–H groups in total. The van der Waals surface area contributed by atoms with E-state index in [1.54, 1.807) is 24.3 Å². The summed E-state index contributed by atoms with van der Waals surface area (Å²) >= 11 is 0. The van der Waals surface area contributed by atoms with Crippen LogP contribution in [-0.2, 0) is 9.59 Å². The fourth-order valence-corrected chi connectivity index (χ4v) is 1.24. The smallest absolute Gasteiger partial charge is 0.257 e. The van der Waals surface area contributed by atoms with E-state index in [1.165, 1.54) is 7.11 Å². The number of hydrogen-bond acceptors (Lipinski definition) is 5. The van der Waals surface area contributed by atoms with Crippen LogP contribution in [-0.4, -0.2) is 32.1 Å². The average molecular weight is 252 g/mol. The molecule has 0 saturated heterocycles. The third kappa shape index (κ3) is 4.73. The number of amides is 1. The second kappa shape index (κ2) is 7.16. The lowest BCUT2D eigenvalue weighted by molar-refractivity contribution is -0.305. The lowest BCUT2D eigenvalue weighted by Gasteiger charge is -2.10. The van der Waals surface area contributed by atoms with Crippen LogP contribution in [0.5, 0.6) is 11.5 Å². The minimum absolute atomic E-state index is 0.0243. The lowest BCUT2D eigenvalue weighted by Crippen LogP contribution is -2.33. The predicted molar refractivity (Wildman–Crippen MR) is 61.1 cm³/mol. The van der Waals surface area contributed by atoms with Crippen molar-refractivity contribution in [1.29, 1.82) is 0 Å². The molecular formula is C12H14NO5-. The van der Waals surface area contributed by atoms with Gasteiger partial charge >= 0.3 is 0 Å². The highest BCUT2D eigenvalue weighted by Gasteiger charge is 2.06. The number of ether oxygens (including phenoxy) is 2. The molecule has 6 heteroatoms. The molecule has 0 saturated carbocycles. The monoisotopic (exact) mass is 252 g/mol. The summed E-state index contributed by atoms with van der Waals surface area (Å²) < 4.78 is 10.3. The van der Waals surface area contributed by atoms with E-state index in [9.17, 15) is 14.7 Å². The molecule has 1 aromatic rings. The van der Waals surface area contributed by atoms with E-state index in [0.717, 1.165) is 0 Å². The Kier molecular flexibility index (Phi) is 5.50. The van der Waals surface area contributed by atoms with Crippen LogP contribution in [0.2, 0.25) is 0 Å². The number of carboxylic acid groups (broad SMARTS) is 1. The standard InChI is InChI=1S/C12H15NO5/c1-17-9-4-2-3-5-10(9)18-8-11(14)13-7-6-12(15)16/h2-5H,6-8H2,1H3,(H,13,14)(H,15,16)/p-1. The topological polar surface area (TPSA) is 87.7 Å². The zero-order chi connectivity index (χ0) is 13.4. The van der Waals surface area contributed by atoms with Gasteiger partial charge in [-0.15, -0.1) is 0 Å². The van der Waals surface area contributed by atoms with Crippen LogP contribution in [0.1, 0.15) is 6.42 Å². The molecule has 0 aliphatic heterocycles. The molecule has 0 aromatic heterocycles. The van der Waals surface area contributed by atoms with E-state index >= 15 is 0 Å². The Bertz CT molecular complexity index is 419. The molecule has 0 fully saturated rings. The van der Waals surface area contributed by atoms with E-state index < -0.39 is 11.9 Å². The average Bonchev–Trinajstić information content (AvgIpc) is 2.36. The van der Waals surface area contributed by atoms with Crippen LogP contribution < -0.4 is 19.9 Å². The molecule has 1 amide bonds. The first kappa shape index (κ1) is 13.8. The van der Waals surface area contributed by atoms with Gasteiger partial charge in [-0.1, -0.05) is 12.1 Å². The van der Waals surface area contributed by atoms with Gasteiger partial charge in [0.1, 0.15) is 0 Å². The van der Waals surface area contributed by atoms with Crippen molar-refractivity contribution in [3.8, 4) is 11.5 Å².